The smallest absolute Gasteiger partial charge is 0.323 e. The van der Waals surface area contributed by atoms with Crippen molar-refractivity contribution < 1.29 is 14.6 Å². The van der Waals surface area contributed by atoms with Gasteiger partial charge in [0.25, 0.3) is 0 Å². The van der Waals surface area contributed by atoms with E-state index in [0.29, 0.717) is 6.42 Å². The number of aliphatic carboxylic acids is 1. The predicted molar refractivity (Wildman–Crippen MR) is 82.7 cm³/mol. The SMILES string of the molecule is CCCNC(C)(CCSc1ccc(OC)cc1)C(=O)O. The number of carboxylic acids is 1. The Morgan fingerprint density at radius 1 is 1.40 bits per heavy atom. The molecule has 0 fully saturated rings. The maximum atomic E-state index is 11.4. The quantitative estimate of drug-likeness (QED) is 0.686. The minimum atomic E-state index is -0.852. The highest BCUT2D eigenvalue weighted by Crippen LogP contribution is 2.24. The number of hydrogen-bond donors (Lipinski definition) is 2. The Morgan fingerprint density at radius 3 is 2.55 bits per heavy atom. The topological polar surface area (TPSA) is 58.6 Å². The molecule has 1 aromatic rings. The number of methoxy groups -OCH3 is 1. The summed E-state index contributed by atoms with van der Waals surface area (Å²) >= 11 is 1.66. The van der Waals surface area contributed by atoms with Crippen molar-refractivity contribution in [3.05, 3.63) is 24.3 Å². The molecule has 2 N–H and O–H groups in total. The summed E-state index contributed by atoms with van der Waals surface area (Å²) in [5, 5.41) is 12.5. The predicted octanol–water partition coefficient (Wildman–Crippen LogP) is 3.02. The van der Waals surface area contributed by atoms with Gasteiger partial charge in [0.05, 0.1) is 7.11 Å². The van der Waals surface area contributed by atoms with E-state index in [4.69, 9.17) is 4.74 Å². The van der Waals surface area contributed by atoms with Crippen LogP contribution in [-0.4, -0.2) is 36.0 Å². The van der Waals surface area contributed by atoms with Gasteiger partial charge in [0, 0.05) is 10.6 Å². The van der Waals surface area contributed by atoms with E-state index in [-0.39, 0.29) is 0 Å². The van der Waals surface area contributed by atoms with Crippen LogP contribution in [0.15, 0.2) is 29.2 Å². The van der Waals surface area contributed by atoms with Crippen LogP contribution >= 0.6 is 11.8 Å². The molecule has 4 nitrogen and oxygen atoms in total. The molecule has 0 aliphatic heterocycles. The molecule has 5 heteroatoms. The molecule has 0 bridgehead atoms. The normalized spacial score (nSPS) is 13.8. The molecule has 1 atom stereocenters. The van der Waals surface area contributed by atoms with E-state index in [9.17, 15) is 9.90 Å². The number of thioether (sulfide) groups is 1. The Kier molecular flexibility index (Phi) is 6.88. The first-order chi connectivity index (χ1) is 9.51. The van der Waals surface area contributed by atoms with Gasteiger partial charge in [-0.3, -0.25) is 4.79 Å². The molecule has 1 unspecified atom stereocenters. The van der Waals surface area contributed by atoms with Crippen molar-refractivity contribution in [1.82, 2.24) is 5.32 Å². The maximum Gasteiger partial charge on any atom is 0.323 e. The largest absolute Gasteiger partial charge is 0.497 e. The van der Waals surface area contributed by atoms with Crippen LogP contribution in [-0.2, 0) is 4.79 Å². The fraction of sp³-hybridized carbons (Fsp3) is 0.533. The van der Waals surface area contributed by atoms with Gasteiger partial charge in [-0.2, -0.15) is 0 Å². The third-order valence-electron chi connectivity index (χ3n) is 3.17. The lowest BCUT2D eigenvalue weighted by Gasteiger charge is -2.26. The van der Waals surface area contributed by atoms with Crippen molar-refractivity contribution >= 4 is 17.7 Å². The Bertz CT molecular complexity index is 422. The zero-order valence-electron chi connectivity index (χ0n) is 12.3. The third-order valence-corrected chi connectivity index (χ3v) is 4.18. The Morgan fingerprint density at radius 2 is 2.05 bits per heavy atom. The van der Waals surface area contributed by atoms with Crippen molar-refractivity contribution in [2.45, 2.75) is 37.1 Å². The van der Waals surface area contributed by atoms with Gasteiger partial charge in [0.1, 0.15) is 11.3 Å². The molecular formula is C15H23NO3S. The molecule has 0 saturated carbocycles. The van der Waals surface area contributed by atoms with Gasteiger partial charge in [-0.1, -0.05) is 6.92 Å². The highest BCUT2D eigenvalue weighted by molar-refractivity contribution is 7.99. The van der Waals surface area contributed by atoms with Gasteiger partial charge in [-0.15, -0.1) is 11.8 Å². The molecule has 0 aliphatic carbocycles. The van der Waals surface area contributed by atoms with Crippen molar-refractivity contribution in [1.29, 1.82) is 0 Å². The van der Waals surface area contributed by atoms with Crippen LogP contribution in [0.5, 0.6) is 5.75 Å². The molecule has 0 saturated heterocycles. The summed E-state index contributed by atoms with van der Waals surface area (Å²) in [5.74, 6) is 0.793. The molecule has 0 aliphatic rings. The van der Waals surface area contributed by atoms with E-state index in [1.807, 2.05) is 31.2 Å². The standard InChI is InChI=1S/C15H23NO3S/c1-4-10-16-15(2,14(17)18)9-11-20-13-7-5-12(19-3)6-8-13/h5-8,16H,4,9-11H2,1-3H3,(H,17,18). The van der Waals surface area contributed by atoms with E-state index in [2.05, 4.69) is 5.32 Å². The second kappa shape index (κ2) is 8.17. The van der Waals surface area contributed by atoms with Crippen LogP contribution in [0.3, 0.4) is 0 Å². The Labute approximate surface area is 124 Å². The average Bonchev–Trinajstić information content (AvgIpc) is 2.45. The highest BCUT2D eigenvalue weighted by Gasteiger charge is 2.31. The van der Waals surface area contributed by atoms with E-state index in [1.54, 1.807) is 25.8 Å². The van der Waals surface area contributed by atoms with Gasteiger partial charge >= 0.3 is 5.97 Å². The molecule has 0 aromatic heterocycles. The lowest BCUT2D eigenvalue weighted by Crippen LogP contribution is -2.50. The Balaban J connectivity index is 2.49. The first-order valence-electron chi connectivity index (χ1n) is 6.77. The second-order valence-corrected chi connectivity index (χ2v) is 6.01. The average molecular weight is 297 g/mol. The van der Waals surface area contributed by atoms with Crippen molar-refractivity contribution in [2.75, 3.05) is 19.4 Å². The van der Waals surface area contributed by atoms with E-state index in [1.165, 1.54) is 0 Å². The number of ether oxygens (including phenoxy) is 1. The number of hydrogen-bond acceptors (Lipinski definition) is 4. The summed E-state index contributed by atoms with van der Waals surface area (Å²) in [5.41, 5.74) is -0.852. The summed E-state index contributed by atoms with van der Waals surface area (Å²) in [7, 11) is 1.64. The van der Waals surface area contributed by atoms with Gasteiger partial charge in [-0.05, 0) is 50.6 Å². The summed E-state index contributed by atoms with van der Waals surface area (Å²) in [4.78, 5) is 12.5. The minimum absolute atomic E-state index is 0.582. The lowest BCUT2D eigenvalue weighted by molar-refractivity contribution is -0.144. The van der Waals surface area contributed by atoms with Crippen LogP contribution < -0.4 is 10.1 Å². The summed E-state index contributed by atoms with van der Waals surface area (Å²) in [6.45, 7) is 4.50. The zero-order valence-corrected chi connectivity index (χ0v) is 13.1. The van der Waals surface area contributed by atoms with Crippen molar-refractivity contribution in [3.8, 4) is 5.75 Å². The van der Waals surface area contributed by atoms with Gasteiger partial charge < -0.3 is 15.2 Å². The molecule has 112 valence electrons. The number of carbonyl (C=O) groups is 1. The van der Waals surface area contributed by atoms with Crippen LogP contribution in [0, 0.1) is 0 Å². The zero-order chi connectivity index (χ0) is 15.0. The van der Waals surface area contributed by atoms with Crippen LogP contribution in [0.2, 0.25) is 0 Å². The molecule has 0 amide bonds. The van der Waals surface area contributed by atoms with E-state index in [0.717, 1.165) is 29.4 Å². The molecule has 0 spiro atoms. The van der Waals surface area contributed by atoms with Crippen molar-refractivity contribution in [2.24, 2.45) is 0 Å². The maximum absolute atomic E-state index is 11.4. The third kappa shape index (κ3) is 5.06. The van der Waals surface area contributed by atoms with Crippen LogP contribution in [0.25, 0.3) is 0 Å². The Hall–Kier alpha value is -1.20. The van der Waals surface area contributed by atoms with E-state index >= 15 is 0 Å². The number of rotatable bonds is 9. The fourth-order valence-corrected chi connectivity index (χ4v) is 2.79. The molecule has 0 radical (unpaired) electrons. The molecule has 0 heterocycles. The number of benzene rings is 1. The number of nitrogens with one attached hydrogen (secondary N) is 1. The molecule has 1 aromatic carbocycles. The lowest BCUT2D eigenvalue weighted by atomic mass is 9.99. The van der Waals surface area contributed by atoms with Gasteiger partial charge in [0.15, 0.2) is 0 Å². The summed E-state index contributed by atoms with van der Waals surface area (Å²) in [6, 6.07) is 7.80. The fourth-order valence-electron chi connectivity index (χ4n) is 1.72. The second-order valence-electron chi connectivity index (χ2n) is 4.84. The van der Waals surface area contributed by atoms with Crippen LogP contribution in [0.4, 0.5) is 0 Å². The number of carboxylic acid groups (broad SMARTS) is 1. The van der Waals surface area contributed by atoms with Gasteiger partial charge in [-0.25, -0.2) is 0 Å². The molecule has 20 heavy (non-hydrogen) atoms. The van der Waals surface area contributed by atoms with E-state index < -0.39 is 11.5 Å². The summed E-state index contributed by atoms with van der Waals surface area (Å²) < 4.78 is 5.11. The van der Waals surface area contributed by atoms with Crippen LogP contribution in [0.1, 0.15) is 26.7 Å². The molecular weight excluding hydrogens is 274 g/mol. The first kappa shape index (κ1) is 16.9. The monoisotopic (exact) mass is 297 g/mol. The highest BCUT2D eigenvalue weighted by atomic mass is 32.2. The minimum Gasteiger partial charge on any atom is -0.497 e. The van der Waals surface area contributed by atoms with Gasteiger partial charge in [0.2, 0.25) is 0 Å². The molecule has 1 rings (SSSR count). The summed E-state index contributed by atoms with van der Waals surface area (Å²) in [6.07, 6.45) is 1.51. The first-order valence-corrected chi connectivity index (χ1v) is 7.75. The van der Waals surface area contributed by atoms with Crippen molar-refractivity contribution in [3.63, 3.8) is 0 Å².